The predicted molar refractivity (Wildman–Crippen MR) is 114 cm³/mol. The molecule has 0 saturated carbocycles. The third-order valence-electron chi connectivity index (χ3n) is 4.38. The van der Waals surface area contributed by atoms with Crippen LogP contribution in [0, 0.1) is 11.3 Å². The van der Waals surface area contributed by atoms with Gasteiger partial charge in [0.1, 0.15) is 0 Å². The molecule has 0 radical (unpaired) electrons. The van der Waals surface area contributed by atoms with Crippen molar-refractivity contribution >= 4 is 23.3 Å². The van der Waals surface area contributed by atoms with Gasteiger partial charge in [-0.1, -0.05) is 48.5 Å². The van der Waals surface area contributed by atoms with E-state index in [9.17, 15) is 9.59 Å². The van der Waals surface area contributed by atoms with Crippen LogP contribution in [0.1, 0.15) is 91.0 Å². The highest BCUT2D eigenvalue weighted by Gasteiger charge is 2.33. The third kappa shape index (κ3) is 10.5. The number of hydrogen-bond acceptors (Lipinski definition) is 3. The van der Waals surface area contributed by atoms with Crippen molar-refractivity contribution in [2.45, 2.75) is 92.4 Å². The zero-order valence-corrected chi connectivity index (χ0v) is 18.9. The van der Waals surface area contributed by atoms with Gasteiger partial charge in [0.25, 0.3) is 0 Å². The van der Waals surface area contributed by atoms with Crippen LogP contribution in [0.5, 0.6) is 0 Å². The molecule has 0 atom stereocenters. The molecule has 0 fully saturated rings. The van der Waals surface area contributed by atoms with Gasteiger partial charge in [0, 0.05) is 4.88 Å². The minimum Gasteiger partial charge on any atom is -0.481 e. The van der Waals surface area contributed by atoms with Gasteiger partial charge in [0.2, 0.25) is 0 Å². The molecule has 0 saturated heterocycles. The number of thiophene rings is 1. The largest absolute Gasteiger partial charge is 0.481 e. The van der Waals surface area contributed by atoms with Crippen molar-refractivity contribution in [3.05, 3.63) is 21.9 Å². The Kier molecular flexibility index (Phi) is 10.9. The summed E-state index contributed by atoms with van der Waals surface area (Å²) in [6, 6.07) is 2.13. The van der Waals surface area contributed by atoms with E-state index in [1.54, 1.807) is 11.3 Å². The maximum atomic E-state index is 11.1. The third-order valence-corrected chi connectivity index (χ3v) is 5.77. The normalized spacial score (nSPS) is 11.9. The van der Waals surface area contributed by atoms with E-state index in [4.69, 9.17) is 10.2 Å². The van der Waals surface area contributed by atoms with E-state index in [2.05, 4.69) is 53.0 Å². The zero-order valence-electron chi connectivity index (χ0n) is 18.1. The maximum Gasteiger partial charge on any atom is 0.303 e. The van der Waals surface area contributed by atoms with Gasteiger partial charge in [-0.2, -0.15) is 0 Å². The van der Waals surface area contributed by atoms with Crippen LogP contribution in [0.2, 0.25) is 0 Å². The van der Waals surface area contributed by atoms with E-state index in [0.29, 0.717) is 12.8 Å². The molecular weight excluding hydrogens is 360 g/mol. The van der Waals surface area contributed by atoms with Crippen molar-refractivity contribution in [2.75, 3.05) is 0 Å². The van der Waals surface area contributed by atoms with E-state index in [1.165, 1.54) is 10.4 Å². The molecule has 4 nitrogen and oxygen atoms in total. The van der Waals surface area contributed by atoms with E-state index >= 15 is 0 Å². The summed E-state index contributed by atoms with van der Waals surface area (Å²) in [4.78, 5) is 23.6. The van der Waals surface area contributed by atoms with Crippen LogP contribution in [-0.4, -0.2) is 22.2 Å². The Balaban J connectivity index is 0.00000153. The van der Waals surface area contributed by atoms with E-state index in [-0.39, 0.29) is 18.3 Å². The molecule has 0 aromatic carbocycles. The number of carboxylic acids is 2. The minimum atomic E-state index is -0.918. The Labute approximate surface area is 169 Å². The Bertz CT molecular complexity index is 563. The van der Waals surface area contributed by atoms with Gasteiger partial charge in [0.15, 0.2) is 0 Å². The molecule has 27 heavy (non-hydrogen) atoms. The topological polar surface area (TPSA) is 74.6 Å². The highest BCUT2D eigenvalue weighted by atomic mass is 32.1. The molecule has 0 unspecified atom stereocenters. The van der Waals surface area contributed by atoms with Gasteiger partial charge < -0.3 is 10.2 Å². The van der Waals surface area contributed by atoms with Crippen LogP contribution < -0.4 is 0 Å². The van der Waals surface area contributed by atoms with Crippen LogP contribution in [0.25, 0.3) is 0 Å². The van der Waals surface area contributed by atoms with Crippen LogP contribution in [0.4, 0.5) is 0 Å². The molecule has 156 valence electrons. The first-order valence-corrected chi connectivity index (χ1v) is 10.7. The molecule has 2 N–H and O–H groups in total. The summed E-state index contributed by atoms with van der Waals surface area (Å²) in [5, 5.41) is 20.4. The summed E-state index contributed by atoms with van der Waals surface area (Å²) < 4.78 is 0. The summed E-state index contributed by atoms with van der Waals surface area (Å²) in [5.41, 5.74) is 0.765. The second-order valence-corrected chi connectivity index (χ2v) is 10.0. The second kappa shape index (κ2) is 11.5. The molecule has 5 heteroatoms. The summed E-state index contributed by atoms with van der Waals surface area (Å²) in [6.45, 7) is 15.0. The van der Waals surface area contributed by atoms with Crippen LogP contribution in [0.3, 0.4) is 0 Å². The molecule has 0 aliphatic carbocycles. The Morgan fingerprint density at radius 1 is 1.07 bits per heavy atom. The highest BCUT2D eigenvalue weighted by Crippen LogP contribution is 2.38. The van der Waals surface area contributed by atoms with Gasteiger partial charge in [-0.05, 0) is 59.4 Å². The van der Waals surface area contributed by atoms with Crippen molar-refractivity contribution in [1.82, 2.24) is 0 Å². The van der Waals surface area contributed by atoms with Gasteiger partial charge in [-0.3, -0.25) is 9.59 Å². The Hall–Kier alpha value is -1.36. The molecule has 1 aromatic rings. The van der Waals surface area contributed by atoms with Gasteiger partial charge in [-0.25, -0.2) is 0 Å². The van der Waals surface area contributed by atoms with Gasteiger partial charge >= 0.3 is 11.9 Å². The quantitative estimate of drug-likeness (QED) is 0.506. The van der Waals surface area contributed by atoms with Gasteiger partial charge in [0.05, 0.1) is 12.8 Å². The first-order chi connectivity index (χ1) is 12.3. The standard InChI is InChI=1S/C18H28O4S.C4H10/c1-5-18(11-14(19)20,12-15(21)22)9-6-7-13-8-10-23-16(13)17(2,3)4;1-4(2)3/h8,10H,5-7,9,11-12H2,1-4H3,(H,19,20)(H,21,22);4H,1-3H3. The smallest absolute Gasteiger partial charge is 0.303 e. The molecule has 1 rings (SSSR count). The highest BCUT2D eigenvalue weighted by molar-refractivity contribution is 7.10. The first-order valence-electron chi connectivity index (χ1n) is 9.83. The van der Waals surface area contributed by atoms with Crippen LogP contribution >= 0.6 is 11.3 Å². The zero-order chi connectivity index (χ0) is 21.3. The molecule has 0 bridgehead atoms. The summed E-state index contributed by atoms with van der Waals surface area (Å²) in [5.74, 6) is -1.00. The summed E-state index contributed by atoms with van der Waals surface area (Å²) in [7, 11) is 0. The molecule has 0 amide bonds. The summed E-state index contributed by atoms with van der Waals surface area (Å²) >= 11 is 1.75. The molecule has 0 spiro atoms. The number of rotatable bonds is 9. The minimum absolute atomic E-state index is 0.0778. The van der Waals surface area contributed by atoms with E-state index < -0.39 is 17.4 Å². The number of carbonyl (C=O) groups is 2. The van der Waals surface area contributed by atoms with Crippen molar-refractivity contribution in [3.63, 3.8) is 0 Å². The van der Waals surface area contributed by atoms with E-state index in [1.807, 2.05) is 6.92 Å². The average Bonchev–Trinajstić information content (AvgIpc) is 2.93. The lowest BCUT2D eigenvalue weighted by Crippen LogP contribution is -2.27. The number of hydrogen-bond donors (Lipinski definition) is 2. The average molecular weight is 399 g/mol. The summed E-state index contributed by atoms with van der Waals surface area (Å²) in [6.07, 6.45) is 2.73. The van der Waals surface area contributed by atoms with Crippen molar-refractivity contribution in [2.24, 2.45) is 11.3 Å². The van der Waals surface area contributed by atoms with E-state index in [0.717, 1.165) is 18.8 Å². The number of carboxylic acid groups (broad SMARTS) is 2. The lowest BCUT2D eigenvalue weighted by molar-refractivity contribution is -0.144. The van der Waals surface area contributed by atoms with Crippen LogP contribution in [-0.2, 0) is 21.4 Å². The fourth-order valence-corrected chi connectivity index (χ4v) is 4.20. The van der Waals surface area contributed by atoms with Crippen molar-refractivity contribution < 1.29 is 19.8 Å². The predicted octanol–water partition coefficient (Wildman–Crippen LogP) is 6.38. The van der Waals surface area contributed by atoms with Crippen molar-refractivity contribution in [1.29, 1.82) is 0 Å². The molecule has 1 aromatic heterocycles. The molecule has 1 heterocycles. The van der Waals surface area contributed by atoms with Gasteiger partial charge in [-0.15, -0.1) is 11.3 Å². The molecule has 0 aliphatic heterocycles. The lowest BCUT2D eigenvalue weighted by atomic mass is 9.74. The lowest BCUT2D eigenvalue weighted by Gasteiger charge is -2.30. The fourth-order valence-electron chi connectivity index (χ4n) is 3.15. The van der Waals surface area contributed by atoms with Crippen LogP contribution in [0.15, 0.2) is 11.4 Å². The van der Waals surface area contributed by atoms with Crippen molar-refractivity contribution in [3.8, 4) is 0 Å². The fraction of sp³-hybridized carbons (Fsp3) is 0.727. The second-order valence-electron chi connectivity index (χ2n) is 9.11. The maximum absolute atomic E-state index is 11.1. The Morgan fingerprint density at radius 3 is 1.93 bits per heavy atom. The number of aliphatic carboxylic acids is 2. The Morgan fingerprint density at radius 2 is 1.56 bits per heavy atom. The monoisotopic (exact) mass is 398 g/mol. The molecule has 0 aliphatic rings. The number of aryl methyl sites for hydroxylation is 1. The molecular formula is C22H38O4S. The first kappa shape index (κ1) is 25.6. The SMILES string of the molecule is CC(C)C.CCC(CCCc1ccsc1C(C)(C)C)(CC(=O)O)CC(=O)O.